The van der Waals surface area contributed by atoms with E-state index in [2.05, 4.69) is 22.6 Å². The second kappa shape index (κ2) is 3.75. The lowest BCUT2D eigenvalue weighted by atomic mass is 10.1. The van der Waals surface area contributed by atoms with Crippen LogP contribution in [0.5, 0.6) is 0 Å². The lowest BCUT2D eigenvalue weighted by Crippen LogP contribution is -1.94. The minimum atomic E-state index is -0.391. The summed E-state index contributed by atoms with van der Waals surface area (Å²) < 4.78 is 1.19. The highest BCUT2D eigenvalue weighted by Crippen LogP contribution is 2.19. The summed E-state index contributed by atoms with van der Waals surface area (Å²) in [6.45, 7) is 3.94. The Balaban J connectivity index is 3.31. The monoisotopic (exact) mass is 294 g/mol. The SMILES string of the molecule is Cc1cc(C(=O)Cl)cc(C)c1I. The number of rotatable bonds is 1. The fraction of sp³-hybridized carbons (Fsp3) is 0.222. The Labute approximate surface area is 90.3 Å². The first-order valence-corrected chi connectivity index (χ1v) is 4.94. The van der Waals surface area contributed by atoms with E-state index in [-0.39, 0.29) is 0 Å². The van der Waals surface area contributed by atoms with Crippen molar-refractivity contribution < 1.29 is 4.79 Å². The van der Waals surface area contributed by atoms with Crippen LogP contribution in [0.2, 0.25) is 0 Å². The second-order valence-corrected chi connectivity index (χ2v) is 4.12. The summed E-state index contributed by atoms with van der Waals surface area (Å²) in [6, 6.07) is 3.62. The van der Waals surface area contributed by atoms with Crippen LogP contribution in [-0.4, -0.2) is 5.24 Å². The molecule has 3 heteroatoms. The van der Waals surface area contributed by atoms with Crippen LogP contribution < -0.4 is 0 Å². The van der Waals surface area contributed by atoms with Crippen molar-refractivity contribution in [1.82, 2.24) is 0 Å². The fourth-order valence-electron chi connectivity index (χ4n) is 1.06. The van der Waals surface area contributed by atoms with Gasteiger partial charge in [0.25, 0.3) is 5.24 Å². The summed E-state index contributed by atoms with van der Waals surface area (Å²) in [5.41, 5.74) is 2.77. The van der Waals surface area contributed by atoms with Crippen LogP contribution in [0.15, 0.2) is 12.1 Å². The average Bonchev–Trinajstić information content (AvgIpc) is 1.99. The van der Waals surface area contributed by atoms with Crippen molar-refractivity contribution in [2.24, 2.45) is 0 Å². The molecule has 0 bridgehead atoms. The van der Waals surface area contributed by atoms with Gasteiger partial charge in [-0.3, -0.25) is 4.79 Å². The number of benzene rings is 1. The van der Waals surface area contributed by atoms with Gasteiger partial charge in [-0.25, -0.2) is 0 Å². The number of hydrogen-bond acceptors (Lipinski definition) is 1. The Morgan fingerprint density at radius 1 is 1.33 bits per heavy atom. The van der Waals surface area contributed by atoms with Crippen LogP contribution in [-0.2, 0) is 0 Å². The lowest BCUT2D eigenvalue weighted by Gasteiger charge is -2.03. The largest absolute Gasteiger partial charge is 0.276 e. The fourth-order valence-corrected chi connectivity index (χ4v) is 1.48. The van der Waals surface area contributed by atoms with Gasteiger partial charge in [0.2, 0.25) is 0 Å². The lowest BCUT2D eigenvalue weighted by molar-refractivity contribution is 0.108. The first kappa shape index (κ1) is 9.99. The molecular weight excluding hydrogens is 286 g/mol. The van der Waals surface area contributed by atoms with Crippen molar-refractivity contribution in [3.63, 3.8) is 0 Å². The minimum absolute atomic E-state index is 0.391. The van der Waals surface area contributed by atoms with E-state index in [4.69, 9.17) is 11.6 Å². The van der Waals surface area contributed by atoms with Crippen molar-refractivity contribution in [1.29, 1.82) is 0 Å². The smallest absolute Gasteiger partial charge is 0.252 e. The third kappa shape index (κ3) is 1.98. The van der Waals surface area contributed by atoms with E-state index in [1.807, 2.05) is 26.0 Å². The molecule has 64 valence electrons. The van der Waals surface area contributed by atoms with E-state index in [1.165, 1.54) is 3.57 Å². The molecule has 0 saturated carbocycles. The summed E-state index contributed by atoms with van der Waals surface area (Å²) >= 11 is 7.61. The number of hydrogen-bond donors (Lipinski definition) is 0. The second-order valence-electron chi connectivity index (χ2n) is 2.70. The molecule has 0 aliphatic carbocycles. The van der Waals surface area contributed by atoms with Gasteiger partial charge >= 0.3 is 0 Å². The summed E-state index contributed by atoms with van der Waals surface area (Å²) in [7, 11) is 0. The molecule has 0 saturated heterocycles. The highest BCUT2D eigenvalue weighted by Gasteiger charge is 2.06. The molecule has 0 atom stereocenters. The van der Waals surface area contributed by atoms with Crippen molar-refractivity contribution in [2.75, 3.05) is 0 Å². The Kier molecular flexibility index (Phi) is 3.12. The van der Waals surface area contributed by atoms with Crippen LogP contribution >= 0.6 is 34.2 Å². The number of aryl methyl sites for hydroxylation is 2. The molecule has 0 aliphatic heterocycles. The summed E-state index contributed by atoms with van der Waals surface area (Å²) in [5.74, 6) is 0. The molecule has 0 N–H and O–H groups in total. The molecule has 12 heavy (non-hydrogen) atoms. The van der Waals surface area contributed by atoms with Crippen LogP contribution in [0.1, 0.15) is 21.5 Å². The summed E-state index contributed by atoms with van der Waals surface area (Å²) in [4.78, 5) is 10.8. The predicted octanol–water partition coefficient (Wildman–Crippen LogP) is 3.29. The van der Waals surface area contributed by atoms with Crippen molar-refractivity contribution in [3.8, 4) is 0 Å². The zero-order valence-corrected chi connectivity index (χ0v) is 9.73. The zero-order valence-electron chi connectivity index (χ0n) is 6.82. The van der Waals surface area contributed by atoms with Gasteiger partial charge in [-0.15, -0.1) is 0 Å². The third-order valence-electron chi connectivity index (χ3n) is 1.66. The third-order valence-corrected chi connectivity index (χ3v) is 3.58. The zero-order chi connectivity index (χ0) is 9.30. The summed E-state index contributed by atoms with van der Waals surface area (Å²) in [6.07, 6.45) is 0. The maximum atomic E-state index is 10.8. The average molecular weight is 295 g/mol. The molecule has 0 unspecified atom stereocenters. The van der Waals surface area contributed by atoms with E-state index < -0.39 is 5.24 Å². The number of carbonyl (C=O) groups is 1. The standard InChI is InChI=1S/C9H8ClIO/c1-5-3-7(9(10)12)4-6(2)8(5)11/h3-4H,1-2H3. The number of carbonyl (C=O) groups excluding carboxylic acids is 1. The van der Waals surface area contributed by atoms with Crippen LogP contribution in [0.25, 0.3) is 0 Å². The highest BCUT2D eigenvalue weighted by atomic mass is 127. The molecule has 0 aliphatic rings. The van der Waals surface area contributed by atoms with Gasteiger partial charge in [0, 0.05) is 9.13 Å². The Bertz CT molecular complexity index is 310. The van der Waals surface area contributed by atoms with Crippen molar-refractivity contribution in [3.05, 3.63) is 32.4 Å². The molecule has 0 spiro atoms. The summed E-state index contributed by atoms with van der Waals surface area (Å²) in [5, 5.41) is -0.391. The van der Waals surface area contributed by atoms with Gasteiger partial charge < -0.3 is 0 Å². The molecule has 0 amide bonds. The van der Waals surface area contributed by atoms with Crippen LogP contribution in [0.3, 0.4) is 0 Å². The molecule has 1 rings (SSSR count). The molecule has 0 radical (unpaired) electrons. The van der Waals surface area contributed by atoms with Crippen LogP contribution in [0, 0.1) is 17.4 Å². The van der Waals surface area contributed by atoms with Crippen LogP contribution in [0.4, 0.5) is 0 Å². The topological polar surface area (TPSA) is 17.1 Å². The molecule has 0 fully saturated rings. The van der Waals surface area contributed by atoms with E-state index in [0.717, 1.165) is 11.1 Å². The number of halogens is 2. The maximum Gasteiger partial charge on any atom is 0.252 e. The van der Waals surface area contributed by atoms with Gasteiger partial charge in [0.1, 0.15) is 0 Å². The minimum Gasteiger partial charge on any atom is -0.276 e. The van der Waals surface area contributed by atoms with Crippen molar-refractivity contribution in [2.45, 2.75) is 13.8 Å². The quantitative estimate of drug-likeness (QED) is 0.574. The molecule has 1 nitrogen and oxygen atoms in total. The van der Waals surface area contributed by atoms with Gasteiger partial charge in [-0.05, 0) is 71.3 Å². The van der Waals surface area contributed by atoms with Gasteiger partial charge in [0.15, 0.2) is 0 Å². The Morgan fingerprint density at radius 2 is 1.75 bits per heavy atom. The van der Waals surface area contributed by atoms with Gasteiger partial charge in [-0.2, -0.15) is 0 Å². The molecule has 1 aromatic carbocycles. The van der Waals surface area contributed by atoms with E-state index in [0.29, 0.717) is 5.56 Å². The maximum absolute atomic E-state index is 10.8. The highest BCUT2D eigenvalue weighted by molar-refractivity contribution is 14.1. The first-order valence-electron chi connectivity index (χ1n) is 3.49. The molecular formula is C9H8ClIO. The van der Waals surface area contributed by atoms with Gasteiger partial charge in [-0.1, -0.05) is 0 Å². The molecule has 0 aromatic heterocycles. The Morgan fingerprint density at radius 3 is 2.08 bits per heavy atom. The van der Waals surface area contributed by atoms with E-state index >= 15 is 0 Å². The van der Waals surface area contributed by atoms with E-state index in [1.54, 1.807) is 0 Å². The predicted molar refractivity (Wildman–Crippen MR) is 58.8 cm³/mol. The molecule has 0 heterocycles. The van der Waals surface area contributed by atoms with Crippen molar-refractivity contribution >= 4 is 39.4 Å². The normalized spacial score (nSPS) is 10.0. The van der Waals surface area contributed by atoms with Gasteiger partial charge in [0.05, 0.1) is 0 Å². The van der Waals surface area contributed by atoms with E-state index in [9.17, 15) is 4.79 Å². The first-order chi connectivity index (χ1) is 5.52. The molecule has 1 aromatic rings. The Hall–Kier alpha value is -0.0900.